The molecule has 25 heavy (non-hydrogen) atoms. The zero-order valence-corrected chi connectivity index (χ0v) is 17.9. The largest absolute Gasteiger partial charge is 0.459 e. The van der Waals surface area contributed by atoms with E-state index in [2.05, 4.69) is 15.9 Å². The summed E-state index contributed by atoms with van der Waals surface area (Å²) in [5.74, 6) is -0.810. The minimum atomic E-state index is -0.722. The molecule has 1 aromatic carbocycles. The third-order valence-corrected chi connectivity index (χ3v) is 4.62. The molecule has 0 aromatic heterocycles. The molecule has 1 saturated heterocycles. The maximum atomic E-state index is 13.7. The second-order valence-electron chi connectivity index (χ2n) is 7.57. The molecule has 0 aliphatic carbocycles. The number of hydrogen-bond donors (Lipinski definition) is 0. The van der Waals surface area contributed by atoms with Crippen molar-refractivity contribution in [3.8, 4) is 0 Å². The van der Waals surface area contributed by atoms with E-state index in [0.717, 1.165) is 18.4 Å². The first-order chi connectivity index (χ1) is 11.5. The van der Waals surface area contributed by atoms with Crippen LogP contribution < -0.4 is 0 Å². The molecule has 5 heteroatoms. The molecular weight excluding hydrogens is 387 g/mol. The van der Waals surface area contributed by atoms with E-state index in [9.17, 15) is 9.18 Å². The lowest BCUT2D eigenvalue weighted by molar-refractivity contribution is -0.154. The number of halogens is 2. The van der Waals surface area contributed by atoms with Crippen LogP contribution in [-0.2, 0) is 14.3 Å². The van der Waals surface area contributed by atoms with E-state index >= 15 is 0 Å². The van der Waals surface area contributed by atoms with Gasteiger partial charge in [-0.1, -0.05) is 35.8 Å². The number of ether oxygens (including phenoxy) is 2. The van der Waals surface area contributed by atoms with Crippen molar-refractivity contribution in [2.75, 3.05) is 0 Å². The summed E-state index contributed by atoms with van der Waals surface area (Å²) in [6.45, 7) is 13.5. The summed E-state index contributed by atoms with van der Waals surface area (Å²) in [7, 11) is 0. The Morgan fingerprint density at radius 2 is 1.96 bits per heavy atom. The zero-order valence-electron chi connectivity index (χ0n) is 16.3. The zero-order chi connectivity index (χ0) is 19.4. The van der Waals surface area contributed by atoms with Gasteiger partial charge in [0.15, 0.2) is 0 Å². The molecule has 1 fully saturated rings. The van der Waals surface area contributed by atoms with Crippen LogP contribution in [-0.4, -0.2) is 17.2 Å². The van der Waals surface area contributed by atoms with Gasteiger partial charge in [-0.15, -0.1) is 0 Å². The van der Waals surface area contributed by atoms with Gasteiger partial charge in [0.25, 0.3) is 0 Å². The SMILES string of the molecule is CC.CC(C)(C)OC(=O)C(Br)c1cc(F)ccc1C1CCC(C)(C)O1. The normalized spacial score (nSPS) is 20.4. The Morgan fingerprint density at radius 1 is 1.36 bits per heavy atom. The highest BCUT2D eigenvalue weighted by Crippen LogP contribution is 2.42. The Bertz CT molecular complexity index is 593. The number of hydrogen-bond acceptors (Lipinski definition) is 3. The summed E-state index contributed by atoms with van der Waals surface area (Å²) < 4.78 is 25.2. The van der Waals surface area contributed by atoms with Gasteiger partial charge in [0.05, 0.1) is 11.7 Å². The van der Waals surface area contributed by atoms with E-state index in [4.69, 9.17) is 9.47 Å². The molecule has 2 unspecified atom stereocenters. The average molecular weight is 417 g/mol. The number of benzene rings is 1. The Hall–Kier alpha value is -0.940. The first-order valence-corrected chi connectivity index (χ1v) is 9.74. The molecule has 0 bridgehead atoms. The van der Waals surface area contributed by atoms with Crippen molar-refractivity contribution in [1.82, 2.24) is 0 Å². The van der Waals surface area contributed by atoms with Crippen LogP contribution in [0.1, 0.15) is 83.4 Å². The van der Waals surface area contributed by atoms with Crippen LogP contribution in [0.4, 0.5) is 4.39 Å². The monoisotopic (exact) mass is 416 g/mol. The van der Waals surface area contributed by atoms with Gasteiger partial charge in [0.1, 0.15) is 16.2 Å². The first-order valence-electron chi connectivity index (χ1n) is 8.83. The highest BCUT2D eigenvalue weighted by atomic mass is 79.9. The molecule has 1 aliphatic heterocycles. The van der Waals surface area contributed by atoms with Crippen molar-refractivity contribution in [3.63, 3.8) is 0 Å². The predicted octanol–water partition coefficient (Wildman–Crippen LogP) is 6.26. The molecule has 3 nitrogen and oxygen atoms in total. The van der Waals surface area contributed by atoms with Crippen molar-refractivity contribution in [3.05, 3.63) is 35.1 Å². The van der Waals surface area contributed by atoms with Gasteiger partial charge >= 0.3 is 5.97 Å². The molecule has 0 spiro atoms. The molecule has 0 amide bonds. The van der Waals surface area contributed by atoms with Gasteiger partial charge in [0, 0.05) is 0 Å². The van der Waals surface area contributed by atoms with Crippen LogP contribution >= 0.6 is 15.9 Å². The fourth-order valence-electron chi connectivity index (χ4n) is 2.74. The van der Waals surface area contributed by atoms with Crippen LogP contribution in [0.15, 0.2) is 18.2 Å². The van der Waals surface area contributed by atoms with Crippen molar-refractivity contribution in [2.45, 2.75) is 83.4 Å². The van der Waals surface area contributed by atoms with Crippen LogP contribution in [0.25, 0.3) is 0 Å². The lowest BCUT2D eigenvalue weighted by atomic mass is 9.97. The van der Waals surface area contributed by atoms with Crippen molar-refractivity contribution >= 4 is 21.9 Å². The van der Waals surface area contributed by atoms with Gasteiger partial charge in [-0.3, -0.25) is 4.79 Å². The van der Waals surface area contributed by atoms with Crippen LogP contribution in [0.5, 0.6) is 0 Å². The van der Waals surface area contributed by atoms with Crippen molar-refractivity contribution < 1.29 is 18.7 Å². The molecule has 142 valence electrons. The summed E-state index contributed by atoms with van der Waals surface area (Å²) >= 11 is 3.37. The molecule has 2 atom stereocenters. The van der Waals surface area contributed by atoms with Crippen molar-refractivity contribution in [2.24, 2.45) is 0 Å². The number of carbonyl (C=O) groups is 1. The third kappa shape index (κ3) is 6.37. The fraction of sp³-hybridized carbons (Fsp3) is 0.650. The van der Waals surface area contributed by atoms with E-state index in [1.807, 2.05) is 27.7 Å². The van der Waals surface area contributed by atoms with Gasteiger partial charge in [0.2, 0.25) is 0 Å². The molecule has 0 N–H and O–H groups in total. The minimum absolute atomic E-state index is 0.136. The van der Waals surface area contributed by atoms with E-state index in [1.54, 1.807) is 26.8 Å². The average Bonchev–Trinajstić information content (AvgIpc) is 2.86. The summed E-state index contributed by atoms with van der Waals surface area (Å²) in [5, 5.41) is 0. The quantitative estimate of drug-likeness (QED) is 0.430. The Kier molecular flexibility index (Phi) is 7.63. The number of esters is 1. The minimum Gasteiger partial charge on any atom is -0.459 e. The first kappa shape index (κ1) is 22.1. The predicted molar refractivity (Wildman–Crippen MR) is 102 cm³/mol. The summed E-state index contributed by atoms with van der Waals surface area (Å²) in [5.41, 5.74) is 0.610. The van der Waals surface area contributed by atoms with Crippen LogP contribution in [0, 0.1) is 5.82 Å². The van der Waals surface area contributed by atoms with E-state index in [-0.39, 0.29) is 17.5 Å². The standard InChI is InChI=1S/C18H24BrFO3.C2H6/c1-17(2,3)23-16(21)15(19)13-10-11(20)6-7-12(13)14-8-9-18(4,5)22-14;1-2/h6-7,10,14-15H,8-9H2,1-5H3;1-2H3. The number of alkyl halides is 1. The second-order valence-corrected chi connectivity index (χ2v) is 8.49. The lowest BCUT2D eigenvalue weighted by Gasteiger charge is -2.25. The topological polar surface area (TPSA) is 35.5 Å². The maximum Gasteiger partial charge on any atom is 0.324 e. The van der Waals surface area contributed by atoms with Gasteiger partial charge in [-0.2, -0.15) is 0 Å². The molecular formula is C20H30BrFO3. The third-order valence-electron chi connectivity index (χ3n) is 3.75. The van der Waals surface area contributed by atoms with E-state index in [0.29, 0.717) is 5.56 Å². The van der Waals surface area contributed by atoms with Crippen LogP contribution in [0.3, 0.4) is 0 Å². The molecule has 0 radical (unpaired) electrons. The molecule has 1 aromatic rings. The summed E-state index contributed by atoms with van der Waals surface area (Å²) in [4.78, 5) is 11.6. The molecule has 0 saturated carbocycles. The molecule has 1 heterocycles. The second kappa shape index (κ2) is 8.63. The van der Waals surface area contributed by atoms with Crippen molar-refractivity contribution in [1.29, 1.82) is 0 Å². The smallest absolute Gasteiger partial charge is 0.324 e. The molecule has 2 rings (SSSR count). The number of rotatable bonds is 3. The van der Waals surface area contributed by atoms with Gasteiger partial charge in [-0.05, 0) is 70.7 Å². The van der Waals surface area contributed by atoms with Gasteiger partial charge in [-0.25, -0.2) is 4.39 Å². The summed E-state index contributed by atoms with van der Waals surface area (Å²) in [6, 6.07) is 4.49. The maximum absolute atomic E-state index is 13.7. The summed E-state index contributed by atoms with van der Waals surface area (Å²) in [6.07, 6.45) is 1.64. The van der Waals surface area contributed by atoms with E-state index < -0.39 is 16.4 Å². The lowest BCUT2D eigenvalue weighted by Crippen LogP contribution is -2.26. The Labute approximate surface area is 159 Å². The highest BCUT2D eigenvalue weighted by Gasteiger charge is 2.36. The highest BCUT2D eigenvalue weighted by molar-refractivity contribution is 9.09. The number of carbonyl (C=O) groups excluding carboxylic acids is 1. The van der Waals surface area contributed by atoms with E-state index in [1.165, 1.54) is 12.1 Å². The fourth-order valence-corrected chi connectivity index (χ4v) is 3.23. The van der Waals surface area contributed by atoms with Crippen LogP contribution in [0.2, 0.25) is 0 Å². The van der Waals surface area contributed by atoms with Gasteiger partial charge < -0.3 is 9.47 Å². The Morgan fingerprint density at radius 3 is 2.44 bits per heavy atom. The Balaban J connectivity index is 0.00000151. The molecule has 1 aliphatic rings.